The molecule has 8 heteroatoms. The summed E-state index contributed by atoms with van der Waals surface area (Å²) >= 11 is 0. The average Bonchev–Trinajstić information content (AvgIpc) is 3.15. The van der Waals surface area contributed by atoms with Crippen LogP contribution >= 0.6 is 0 Å². The predicted molar refractivity (Wildman–Crippen MR) is 111 cm³/mol. The number of carbonyl (C=O) groups is 2. The Morgan fingerprint density at radius 3 is 2.68 bits per heavy atom. The SMILES string of the molecule is CC1(C)c2cc(OC[C@@H](O)CO)ccc2C(=O)c2c1[nH]c1c(C(=O)O)c(C#N)ccc21. The topological polar surface area (TPSA) is 144 Å². The van der Waals surface area contributed by atoms with Crippen LogP contribution < -0.4 is 4.74 Å². The molecule has 0 saturated heterocycles. The molecule has 0 bridgehead atoms. The van der Waals surface area contributed by atoms with Crippen molar-refractivity contribution < 1.29 is 29.6 Å². The Kier molecular flexibility index (Phi) is 4.81. The number of benzene rings is 2. The molecule has 4 N–H and O–H groups in total. The molecular weight excluding hydrogens is 400 g/mol. The minimum atomic E-state index is -1.25. The number of H-pyrrole nitrogens is 1. The predicted octanol–water partition coefficient (Wildman–Crippen LogP) is 2.34. The molecular formula is C23H20N2O6. The maximum Gasteiger partial charge on any atom is 0.339 e. The first-order valence-electron chi connectivity index (χ1n) is 9.64. The standard InChI is InChI=1S/C23H20N2O6/c1-23(2)16-7-13(31-10-12(27)9-26)4-6-14(16)20(28)18-15-5-3-11(8-24)17(22(29)30)19(15)25-21(18)23/h3-7,12,25-27H,9-10H2,1-2H3,(H,29,30)/t12-/m0/s1. The first kappa shape index (κ1) is 20.6. The summed E-state index contributed by atoms with van der Waals surface area (Å²) in [6.07, 6.45) is -1.02. The number of aromatic nitrogens is 1. The van der Waals surface area contributed by atoms with Crippen molar-refractivity contribution in [3.05, 3.63) is 63.8 Å². The molecule has 0 fully saturated rings. The number of aliphatic hydroxyl groups is 2. The van der Waals surface area contributed by atoms with Crippen molar-refractivity contribution in [2.24, 2.45) is 0 Å². The summed E-state index contributed by atoms with van der Waals surface area (Å²) < 4.78 is 5.54. The molecule has 1 aromatic heterocycles. The van der Waals surface area contributed by atoms with Gasteiger partial charge in [-0.2, -0.15) is 5.26 Å². The van der Waals surface area contributed by atoms with Gasteiger partial charge in [0.15, 0.2) is 5.78 Å². The van der Waals surface area contributed by atoms with Crippen LogP contribution in [0.5, 0.6) is 5.75 Å². The van der Waals surface area contributed by atoms with E-state index in [-0.39, 0.29) is 29.0 Å². The molecule has 0 amide bonds. The molecule has 1 aliphatic rings. The number of carbonyl (C=O) groups excluding carboxylic acids is 1. The van der Waals surface area contributed by atoms with Crippen LogP contribution in [0.4, 0.5) is 0 Å². The maximum atomic E-state index is 13.4. The fraction of sp³-hybridized carbons (Fsp3) is 0.261. The monoisotopic (exact) mass is 420 g/mol. The molecule has 0 unspecified atom stereocenters. The van der Waals surface area contributed by atoms with E-state index in [9.17, 15) is 25.1 Å². The van der Waals surface area contributed by atoms with Crippen molar-refractivity contribution in [1.82, 2.24) is 4.98 Å². The summed E-state index contributed by atoms with van der Waals surface area (Å²) in [6.45, 7) is 3.29. The fourth-order valence-electron chi connectivity index (χ4n) is 4.13. The van der Waals surface area contributed by atoms with Crippen LogP contribution in [0.1, 0.15) is 56.9 Å². The van der Waals surface area contributed by atoms with Gasteiger partial charge in [0.05, 0.1) is 23.3 Å². The summed E-state index contributed by atoms with van der Waals surface area (Å²) in [4.78, 5) is 28.4. The number of aromatic carboxylic acids is 1. The smallest absolute Gasteiger partial charge is 0.339 e. The highest BCUT2D eigenvalue weighted by molar-refractivity contribution is 6.22. The molecule has 1 heterocycles. The minimum Gasteiger partial charge on any atom is -0.491 e. The molecule has 8 nitrogen and oxygen atoms in total. The number of hydrogen-bond donors (Lipinski definition) is 4. The Labute approximate surface area is 177 Å². The van der Waals surface area contributed by atoms with E-state index in [0.29, 0.717) is 33.5 Å². The Hall–Kier alpha value is -3.67. The molecule has 2 aromatic carbocycles. The second kappa shape index (κ2) is 7.23. The van der Waals surface area contributed by atoms with Crippen molar-refractivity contribution in [3.63, 3.8) is 0 Å². The molecule has 1 atom stereocenters. The van der Waals surface area contributed by atoms with Crippen LogP contribution in [0.15, 0.2) is 30.3 Å². The van der Waals surface area contributed by atoms with E-state index in [4.69, 9.17) is 9.84 Å². The number of nitrogens with one attached hydrogen (secondary N) is 1. The van der Waals surface area contributed by atoms with Gasteiger partial charge in [0.1, 0.15) is 30.1 Å². The third kappa shape index (κ3) is 3.06. The molecule has 0 radical (unpaired) electrons. The third-order valence-corrected chi connectivity index (χ3v) is 5.72. The summed E-state index contributed by atoms with van der Waals surface area (Å²) in [5.74, 6) is -1.06. The van der Waals surface area contributed by atoms with Gasteiger partial charge >= 0.3 is 5.97 Å². The zero-order valence-electron chi connectivity index (χ0n) is 16.9. The number of nitriles is 1. The number of ether oxygens (including phenoxy) is 1. The molecule has 31 heavy (non-hydrogen) atoms. The highest BCUT2D eigenvalue weighted by Crippen LogP contribution is 2.45. The number of ketones is 1. The van der Waals surface area contributed by atoms with Crippen molar-refractivity contribution in [1.29, 1.82) is 5.26 Å². The van der Waals surface area contributed by atoms with Gasteiger partial charge in [-0.3, -0.25) is 4.79 Å². The van der Waals surface area contributed by atoms with Gasteiger partial charge < -0.3 is 25.0 Å². The van der Waals surface area contributed by atoms with Gasteiger partial charge in [-0.25, -0.2) is 4.79 Å². The lowest BCUT2D eigenvalue weighted by molar-refractivity contribution is 0.0535. The number of rotatable bonds is 5. The van der Waals surface area contributed by atoms with Gasteiger partial charge in [0.25, 0.3) is 0 Å². The lowest BCUT2D eigenvalue weighted by atomic mass is 9.71. The summed E-state index contributed by atoms with van der Waals surface area (Å²) in [5, 5.41) is 37.9. The van der Waals surface area contributed by atoms with Crippen molar-refractivity contribution in [3.8, 4) is 11.8 Å². The Bertz CT molecular complexity index is 1280. The van der Waals surface area contributed by atoms with E-state index in [1.807, 2.05) is 19.9 Å². The summed E-state index contributed by atoms with van der Waals surface area (Å²) in [7, 11) is 0. The lowest BCUT2D eigenvalue weighted by Gasteiger charge is -2.32. The molecule has 3 aromatic rings. The van der Waals surface area contributed by atoms with Crippen molar-refractivity contribution in [2.75, 3.05) is 13.2 Å². The van der Waals surface area contributed by atoms with Gasteiger partial charge in [0.2, 0.25) is 0 Å². The number of fused-ring (bicyclic) bond motifs is 4. The second-order valence-corrected chi connectivity index (χ2v) is 8.01. The number of hydrogen-bond acceptors (Lipinski definition) is 6. The number of carboxylic acids is 1. The van der Waals surface area contributed by atoms with Gasteiger partial charge in [-0.05, 0) is 29.8 Å². The van der Waals surface area contributed by atoms with Crippen LogP contribution in [0.2, 0.25) is 0 Å². The average molecular weight is 420 g/mol. The zero-order chi connectivity index (χ0) is 22.5. The quantitative estimate of drug-likeness (QED) is 0.496. The van der Waals surface area contributed by atoms with Crippen LogP contribution in [-0.2, 0) is 5.41 Å². The van der Waals surface area contributed by atoms with Crippen molar-refractivity contribution in [2.45, 2.75) is 25.4 Å². The number of nitrogens with zero attached hydrogens (tertiary/aromatic N) is 1. The highest BCUT2D eigenvalue weighted by atomic mass is 16.5. The van der Waals surface area contributed by atoms with E-state index in [1.165, 1.54) is 6.07 Å². The highest BCUT2D eigenvalue weighted by Gasteiger charge is 2.40. The molecule has 0 aliphatic heterocycles. The second-order valence-electron chi connectivity index (χ2n) is 8.01. The number of aliphatic hydroxyl groups excluding tert-OH is 2. The van der Waals surface area contributed by atoms with E-state index in [1.54, 1.807) is 24.3 Å². The van der Waals surface area contributed by atoms with Gasteiger partial charge in [-0.1, -0.05) is 19.9 Å². The lowest BCUT2D eigenvalue weighted by Crippen LogP contribution is -2.30. The van der Waals surface area contributed by atoms with Crippen LogP contribution in [0.3, 0.4) is 0 Å². The molecule has 0 spiro atoms. The van der Waals surface area contributed by atoms with E-state index in [2.05, 4.69) is 4.98 Å². The zero-order valence-corrected chi connectivity index (χ0v) is 16.9. The minimum absolute atomic E-state index is 0.0134. The largest absolute Gasteiger partial charge is 0.491 e. The molecule has 158 valence electrons. The summed E-state index contributed by atoms with van der Waals surface area (Å²) in [5.41, 5.74) is 1.50. The Morgan fingerprint density at radius 2 is 2.03 bits per heavy atom. The van der Waals surface area contributed by atoms with Crippen LogP contribution in [-0.4, -0.2) is 51.4 Å². The van der Waals surface area contributed by atoms with E-state index >= 15 is 0 Å². The molecule has 1 aliphatic carbocycles. The van der Waals surface area contributed by atoms with E-state index < -0.39 is 24.1 Å². The normalized spacial score (nSPS) is 15.1. The first-order chi connectivity index (χ1) is 14.7. The third-order valence-electron chi connectivity index (χ3n) is 5.72. The number of carboxylic acid groups (broad SMARTS) is 1. The molecule has 4 rings (SSSR count). The maximum absolute atomic E-state index is 13.4. The van der Waals surface area contributed by atoms with Crippen molar-refractivity contribution >= 4 is 22.7 Å². The Balaban J connectivity index is 1.91. The van der Waals surface area contributed by atoms with Gasteiger partial charge in [0, 0.05) is 22.1 Å². The van der Waals surface area contributed by atoms with Crippen LogP contribution in [0.25, 0.3) is 10.9 Å². The van der Waals surface area contributed by atoms with Crippen LogP contribution in [0, 0.1) is 11.3 Å². The first-order valence-corrected chi connectivity index (χ1v) is 9.64. The summed E-state index contributed by atoms with van der Waals surface area (Å²) in [6, 6.07) is 9.88. The van der Waals surface area contributed by atoms with Gasteiger partial charge in [-0.15, -0.1) is 0 Å². The fourth-order valence-corrected chi connectivity index (χ4v) is 4.13. The number of aromatic amines is 1. The van der Waals surface area contributed by atoms with E-state index in [0.717, 1.165) is 0 Å². The Morgan fingerprint density at radius 1 is 1.29 bits per heavy atom. The molecule has 0 saturated carbocycles.